The van der Waals surface area contributed by atoms with Crippen LogP contribution in [0.1, 0.15) is 54.6 Å². The van der Waals surface area contributed by atoms with E-state index in [1.54, 1.807) is 0 Å². The zero-order valence-corrected chi connectivity index (χ0v) is 17.1. The molecule has 2 amide bonds. The molecule has 1 aliphatic carbocycles. The minimum atomic E-state index is -0.619. The number of H-pyrrole nitrogens is 1. The number of amides is 2. The van der Waals surface area contributed by atoms with Gasteiger partial charge in [-0.1, -0.05) is 36.4 Å². The van der Waals surface area contributed by atoms with Crippen molar-refractivity contribution in [1.29, 1.82) is 0 Å². The van der Waals surface area contributed by atoms with Crippen molar-refractivity contribution in [2.45, 2.75) is 59.0 Å². The number of nitrogens with zero attached hydrogens (tertiary/aromatic N) is 2. The van der Waals surface area contributed by atoms with Crippen LogP contribution in [0.4, 0.5) is 0 Å². The Labute approximate surface area is 171 Å². The van der Waals surface area contributed by atoms with Gasteiger partial charge in [-0.2, -0.15) is 5.10 Å². The maximum absolute atomic E-state index is 13.5. The van der Waals surface area contributed by atoms with Crippen molar-refractivity contribution >= 4 is 11.8 Å². The molecule has 6 nitrogen and oxygen atoms in total. The van der Waals surface area contributed by atoms with E-state index in [1.165, 1.54) is 0 Å². The summed E-state index contributed by atoms with van der Waals surface area (Å²) in [4.78, 5) is 28.1. The normalized spacial score (nSPS) is 21.5. The summed E-state index contributed by atoms with van der Waals surface area (Å²) in [5.41, 5.74) is 4.26. The predicted molar refractivity (Wildman–Crippen MR) is 111 cm³/mol. The Morgan fingerprint density at radius 1 is 1.24 bits per heavy atom. The minimum Gasteiger partial charge on any atom is -0.351 e. The summed E-state index contributed by atoms with van der Waals surface area (Å²) in [5, 5.41) is 10.3. The van der Waals surface area contributed by atoms with Crippen molar-refractivity contribution in [2.24, 2.45) is 5.41 Å². The Morgan fingerprint density at radius 2 is 2.03 bits per heavy atom. The summed E-state index contributed by atoms with van der Waals surface area (Å²) in [5.74, 6) is 0.126. The molecule has 4 rings (SSSR count). The van der Waals surface area contributed by atoms with Crippen molar-refractivity contribution in [1.82, 2.24) is 20.4 Å². The molecule has 0 radical (unpaired) electrons. The number of carbonyl (C=O) groups excluding carboxylic acids is 2. The van der Waals surface area contributed by atoms with Gasteiger partial charge in [0.15, 0.2) is 0 Å². The fourth-order valence-electron chi connectivity index (χ4n) is 4.63. The highest BCUT2D eigenvalue weighted by Gasteiger charge is 2.49. The first-order chi connectivity index (χ1) is 14.0. The average Bonchev–Trinajstić information content (AvgIpc) is 3.06. The Hall–Kier alpha value is -2.89. The van der Waals surface area contributed by atoms with Crippen LogP contribution in [-0.4, -0.2) is 26.9 Å². The second kappa shape index (κ2) is 7.85. The van der Waals surface area contributed by atoms with Crippen molar-refractivity contribution in [2.75, 3.05) is 0 Å². The van der Waals surface area contributed by atoms with Crippen LogP contribution in [-0.2, 0) is 22.7 Å². The number of hydrogen-bond acceptors (Lipinski definition) is 3. The maximum atomic E-state index is 13.5. The van der Waals surface area contributed by atoms with Gasteiger partial charge in [0.2, 0.25) is 11.8 Å². The van der Waals surface area contributed by atoms with Crippen LogP contribution in [0.3, 0.4) is 0 Å². The number of nitrogens with one attached hydrogen (secondary N) is 2. The number of hydrogen-bond donors (Lipinski definition) is 2. The number of aromatic amines is 1. The molecule has 0 spiro atoms. The van der Waals surface area contributed by atoms with Crippen molar-refractivity contribution in [3.8, 4) is 0 Å². The lowest BCUT2D eigenvalue weighted by molar-refractivity contribution is -0.141. The number of likely N-dealkylation sites (tertiary alicyclic amines) is 1. The van der Waals surface area contributed by atoms with E-state index in [0.717, 1.165) is 47.5 Å². The fourth-order valence-corrected chi connectivity index (χ4v) is 4.63. The van der Waals surface area contributed by atoms with Gasteiger partial charge in [0, 0.05) is 29.9 Å². The molecule has 1 atom stereocenters. The number of benzene rings is 1. The quantitative estimate of drug-likeness (QED) is 0.817. The second-order valence-corrected chi connectivity index (χ2v) is 8.12. The number of piperidine rings is 1. The summed E-state index contributed by atoms with van der Waals surface area (Å²) in [7, 11) is 0. The van der Waals surface area contributed by atoms with Crippen LogP contribution in [0, 0.1) is 19.3 Å². The molecule has 2 heterocycles. The van der Waals surface area contributed by atoms with Crippen molar-refractivity contribution in [3.05, 3.63) is 64.6 Å². The van der Waals surface area contributed by atoms with E-state index < -0.39 is 5.41 Å². The average molecular weight is 393 g/mol. The van der Waals surface area contributed by atoms with Crippen LogP contribution in [0.15, 0.2) is 42.1 Å². The molecule has 1 aromatic heterocycles. The van der Waals surface area contributed by atoms with E-state index in [-0.39, 0.29) is 11.8 Å². The lowest BCUT2D eigenvalue weighted by atomic mass is 9.69. The fraction of sp³-hybridized carbons (Fsp3) is 0.435. The largest absolute Gasteiger partial charge is 0.351 e. The second-order valence-electron chi connectivity index (χ2n) is 8.12. The molecule has 2 aromatic rings. The summed E-state index contributed by atoms with van der Waals surface area (Å²) < 4.78 is 0. The van der Waals surface area contributed by atoms with Crippen LogP contribution in [0.5, 0.6) is 0 Å². The lowest BCUT2D eigenvalue weighted by Gasteiger charge is -2.46. The Bertz CT molecular complexity index is 928. The SMILES string of the molecule is Cc1n[nH]c(C)c1CNC(=O)C12CCCC=C1N(Cc1ccccc1)C(=O)CC2. The van der Waals surface area contributed by atoms with Gasteiger partial charge in [-0.25, -0.2) is 0 Å². The highest BCUT2D eigenvalue weighted by atomic mass is 16.2. The monoisotopic (exact) mass is 392 g/mol. The molecule has 1 unspecified atom stereocenters. The smallest absolute Gasteiger partial charge is 0.232 e. The van der Waals surface area contributed by atoms with Gasteiger partial charge in [0.1, 0.15) is 0 Å². The number of aromatic nitrogens is 2. The number of fused-ring (bicyclic) bond motifs is 1. The van der Waals surface area contributed by atoms with E-state index in [4.69, 9.17) is 0 Å². The van der Waals surface area contributed by atoms with E-state index in [1.807, 2.05) is 49.1 Å². The maximum Gasteiger partial charge on any atom is 0.232 e. The third-order valence-corrected chi connectivity index (χ3v) is 6.32. The van der Waals surface area contributed by atoms with Gasteiger partial charge in [0.25, 0.3) is 0 Å². The zero-order valence-electron chi connectivity index (χ0n) is 17.1. The first-order valence-electron chi connectivity index (χ1n) is 10.3. The van der Waals surface area contributed by atoms with Gasteiger partial charge < -0.3 is 10.2 Å². The number of carbonyl (C=O) groups is 2. The van der Waals surface area contributed by atoms with Crippen molar-refractivity contribution < 1.29 is 9.59 Å². The van der Waals surface area contributed by atoms with Crippen LogP contribution < -0.4 is 5.32 Å². The molecule has 1 fully saturated rings. The number of rotatable bonds is 5. The molecular formula is C23H28N4O2. The Balaban J connectivity index is 1.58. The first-order valence-corrected chi connectivity index (χ1v) is 10.3. The summed E-state index contributed by atoms with van der Waals surface area (Å²) in [6.45, 7) is 4.87. The first kappa shape index (κ1) is 19.4. The highest BCUT2D eigenvalue weighted by molar-refractivity contribution is 5.91. The topological polar surface area (TPSA) is 78.1 Å². The van der Waals surface area contributed by atoms with E-state index in [9.17, 15) is 9.59 Å². The standard InChI is InChI=1S/C23H28N4O2/c1-16-19(17(2)26-25-16)14-24-22(29)23-12-7-6-10-20(23)27(21(28)11-13-23)15-18-8-4-3-5-9-18/h3-5,8-10H,6-7,11-15H2,1-2H3,(H,24,29)(H,25,26). The third kappa shape index (κ3) is 3.59. The molecule has 0 bridgehead atoms. The van der Waals surface area contributed by atoms with E-state index in [0.29, 0.717) is 25.9 Å². The minimum absolute atomic E-state index is 0.0222. The van der Waals surface area contributed by atoms with Crippen LogP contribution in [0.2, 0.25) is 0 Å². The third-order valence-electron chi connectivity index (χ3n) is 6.32. The number of aryl methyl sites for hydroxylation is 2. The van der Waals surface area contributed by atoms with Gasteiger partial charge >= 0.3 is 0 Å². The Kier molecular flexibility index (Phi) is 5.26. The van der Waals surface area contributed by atoms with Crippen LogP contribution in [0.25, 0.3) is 0 Å². The van der Waals surface area contributed by atoms with E-state index >= 15 is 0 Å². The molecular weight excluding hydrogens is 364 g/mol. The molecule has 152 valence electrons. The molecule has 0 saturated carbocycles. The summed E-state index contributed by atoms with van der Waals surface area (Å²) in [6, 6.07) is 9.98. The summed E-state index contributed by atoms with van der Waals surface area (Å²) in [6.07, 6.45) is 5.75. The molecule has 6 heteroatoms. The molecule has 2 aliphatic rings. The highest BCUT2D eigenvalue weighted by Crippen LogP contribution is 2.47. The van der Waals surface area contributed by atoms with Crippen LogP contribution >= 0.6 is 0 Å². The Morgan fingerprint density at radius 3 is 2.76 bits per heavy atom. The molecule has 2 N–H and O–H groups in total. The number of allylic oxidation sites excluding steroid dienone is 1. The van der Waals surface area contributed by atoms with Crippen molar-refractivity contribution in [3.63, 3.8) is 0 Å². The lowest BCUT2D eigenvalue weighted by Crippen LogP contribution is -2.52. The molecule has 1 aliphatic heterocycles. The van der Waals surface area contributed by atoms with E-state index in [2.05, 4.69) is 21.6 Å². The predicted octanol–water partition coefficient (Wildman–Crippen LogP) is 3.52. The van der Waals surface area contributed by atoms with Gasteiger partial charge in [-0.15, -0.1) is 0 Å². The van der Waals surface area contributed by atoms with Gasteiger partial charge in [0.05, 0.1) is 17.7 Å². The van der Waals surface area contributed by atoms with Gasteiger partial charge in [-0.3, -0.25) is 14.7 Å². The molecule has 29 heavy (non-hydrogen) atoms. The zero-order chi connectivity index (χ0) is 20.4. The van der Waals surface area contributed by atoms with Gasteiger partial charge in [-0.05, 0) is 45.1 Å². The summed E-state index contributed by atoms with van der Waals surface area (Å²) >= 11 is 0. The molecule has 1 saturated heterocycles. The molecule has 1 aromatic carbocycles.